The van der Waals surface area contributed by atoms with Crippen LogP contribution in [0.25, 0.3) is 0 Å². The first-order chi connectivity index (χ1) is 8.51. The Labute approximate surface area is 115 Å². The number of nitrogen functional groups attached to an aromatic ring is 1. The molecule has 0 bridgehead atoms. The SMILES string of the molecule is COC1CC(NC(=O)c2cc(N)cc(Cl)c2Cl)C1. The lowest BCUT2D eigenvalue weighted by atomic mass is 9.89. The lowest BCUT2D eigenvalue weighted by Gasteiger charge is -2.34. The van der Waals surface area contributed by atoms with Gasteiger partial charge < -0.3 is 15.8 Å². The van der Waals surface area contributed by atoms with E-state index in [1.807, 2.05) is 0 Å². The third-order valence-corrected chi connectivity index (χ3v) is 3.86. The van der Waals surface area contributed by atoms with Crippen molar-refractivity contribution in [3.63, 3.8) is 0 Å². The van der Waals surface area contributed by atoms with E-state index in [1.165, 1.54) is 12.1 Å². The standard InChI is InChI=1S/C12H14Cl2N2O2/c1-18-8-4-7(5-8)16-12(17)9-2-6(15)3-10(13)11(9)14/h2-3,7-8H,4-5,15H2,1H3,(H,16,17). The molecule has 0 aromatic heterocycles. The molecule has 1 aromatic carbocycles. The van der Waals surface area contributed by atoms with Crippen molar-refractivity contribution in [3.05, 3.63) is 27.7 Å². The Morgan fingerprint density at radius 1 is 1.44 bits per heavy atom. The number of methoxy groups -OCH3 is 1. The van der Waals surface area contributed by atoms with E-state index in [2.05, 4.69) is 5.32 Å². The minimum Gasteiger partial charge on any atom is -0.399 e. The molecule has 0 radical (unpaired) electrons. The molecule has 1 fully saturated rings. The number of benzene rings is 1. The van der Waals surface area contributed by atoms with Gasteiger partial charge in [-0.05, 0) is 25.0 Å². The van der Waals surface area contributed by atoms with E-state index in [0.717, 1.165) is 12.8 Å². The topological polar surface area (TPSA) is 64.3 Å². The van der Waals surface area contributed by atoms with Gasteiger partial charge in [-0.1, -0.05) is 23.2 Å². The fraction of sp³-hybridized carbons (Fsp3) is 0.417. The first-order valence-corrected chi connectivity index (χ1v) is 6.35. The average molecular weight is 289 g/mol. The summed E-state index contributed by atoms with van der Waals surface area (Å²) in [6, 6.07) is 3.17. The number of nitrogens with two attached hydrogens (primary N) is 1. The van der Waals surface area contributed by atoms with Crippen molar-refractivity contribution in [1.82, 2.24) is 5.32 Å². The highest BCUT2D eigenvalue weighted by atomic mass is 35.5. The molecule has 0 aliphatic heterocycles. The molecule has 98 valence electrons. The zero-order chi connectivity index (χ0) is 13.3. The first kappa shape index (κ1) is 13.5. The Balaban J connectivity index is 2.06. The molecule has 1 aliphatic rings. The van der Waals surface area contributed by atoms with Gasteiger partial charge in [-0.25, -0.2) is 0 Å². The summed E-state index contributed by atoms with van der Waals surface area (Å²) in [5, 5.41) is 3.38. The van der Waals surface area contributed by atoms with Crippen LogP contribution in [0, 0.1) is 0 Å². The van der Waals surface area contributed by atoms with E-state index in [0.29, 0.717) is 11.3 Å². The number of hydrogen-bond donors (Lipinski definition) is 2. The number of nitrogens with one attached hydrogen (secondary N) is 1. The molecule has 1 amide bonds. The molecule has 3 N–H and O–H groups in total. The van der Waals surface area contributed by atoms with Gasteiger partial charge in [0.1, 0.15) is 0 Å². The Bertz CT molecular complexity index is 473. The smallest absolute Gasteiger partial charge is 0.253 e. The number of hydrogen-bond acceptors (Lipinski definition) is 3. The lowest BCUT2D eigenvalue weighted by molar-refractivity contribution is 0.0176. The highest BCUT2D eigenvalue weighted by molar-refractivity contribution is 6.44. The molecule has 18 heavy (non-hydrogen) atoms. The van der Waals surface area contributed by atoms with E-state index in [4.69, 9.17) is 33.7 Å². The van der Waals surface area contributed by atoms with Gasteiger partial charge in [-0.15, -0.1) is 0 Å². The molecule has 2 rings (SSSR count). The van der Waals surface area contributed by atoms with E-state index in [9.17, 15) is 4.79 Å². The number of rotatable bonds is 3. The van der Waals surface area contributed by atoms with Crippen LogP contribution in [0.3, 0.4) is 0 Å². The van der Waals surface area contributed by atoms with Crippen LogP contribution in [-0.4, -0.2) is 25.2 Å². The molecule has 1 aromatic rings. The molecule has 0 atom stereocenters. The zero-order valence-electron chi connectivity index (χ0n) is 9.87. The number of anilines is 1. The van der Waals surface area contributed by atoms with Crippen LogP contribution < -0.4 is 11.1 Å². The summed E-state index contributed by atoms with van der Waals surface area (Å²) < 4.78 is 5.15. The number of halogens is 2. The third kappa shape index (κ3) is 2.71. The van der Waals surface area contributed by atoms with Gasteiger partial charge in [0.15, 0.2) is 0 Å². The third-order valence-electron chi connectivity index (χ3n) is 3.06. The summed E-state index contributed by atoms with van der Waals surface area (Å²) in [6.07, 6.45) is 1.86. The fourth-order valence-corrected chi connectivity index (χ4v) is 2.34. The second-order valence-electron chi connectivity index (χ2n) is 4.36. The molecule has 4 nitrogen and oxygen atoms in total. The Hall–Kier alpha value is -0.970. The van der Waals surface area contributed by atoms with E-state index in [-0.39, 0.29) is 28.1 Å². The van der Waals surface area contributed by atoms with Crippen LogP contribution >= 0.6 is 23.2 Å². The Morgan fingerprint density at radius 3 is 2.72 bits per heavy atom. The van der Waals surface area contributed by atoms with Crippen LogP contribution in [-0.2, 0) is 4.74 Å². The fourth-order valence-electron chi connectivity index (χ4n) is 1.91. The number of amides is 1. The number of carbonyl (C=O) groups is 1. The molecule has 1 saturated carbocycles. The maximum Gasteiger partial charge on any atom is 0.253 e. The number of ether oxygens (including phenoxy) is 1. The number of carbonyl (C=O) groups excluding carboxylic acids is 1. The van der Waals surface area contributed by atoms with Crippen molar-refractivity contribution in [3.8, 4) is 0 Å². The monoisotopic (exact) mass is 288 g/mol. The molecular formula is C12H14Cl2N2O2. The van der Waals surface area contributed by atoms with Gasteiger partial charge >= 0.3 is 0 Å². The van der Waals surface area contributed by atoms with Gasteiger partial charge in [-0.2, -0.15) is 0 Å². The van der Waals surface area contributed by atoms with Crippen molar-refractivity contribution < 1.29 is 9.53 Å². The van der Waals surface area contributed by atoms with E-state index >= 15 is 0 Å². The van der Waals surface area contributed by atoms with Crippen LogP contribution in [0.1, 0.15) is 23.2 Å². The predicted octanol–water partition coefficient (Wildman–Crippen LogP) is 2.48. The lowest BCUT2D eigenvalue weighted by Crippen LogP contribution is -2.47. The second kappa shape index (κ2) is 5.34. The first-order valence-electron chi connectivity index (χ1n) is 5.59. The van der Waals surface area contributed by atoms with Crippen molar-refractivity contribution in [1.29, 1.82) is 0 Å². The molecule has 0 unspecified atom stereocenters. The molecule has 1 aliphatic carbocycles. The van der Waals surface area contributed by atoms with Crippen molar-refractivity contribution in [2.75, 3.05) is 12.8 Å². The van der Waals surface area contributed by atoms with E-state index in [1.54, 1.807) is 7.11 Å². The normalized spacial score (nSPS) is 22.4. The van der Waals surface area contributed by atoms with Gasteiger partial charge in [0.25, 0.3) is 5.91 Å². The van der Waals surface area contributed by atoms with Crippen LogP contribution in [0.4, 0.5) is 5.69 Å². The highest BCUT2D eigenvalue weighted by Crippen LogP contribution is 2.29. The van der Waals surface area contributed by atoms with Gasteiger partial charge in [0.05, 0.1) is 21.7 Å². The second-order valence-corrected chi connectivity index (χ2v) is 5.15. The molecule has 0 saturated heterocycles. The predicted molar refractivity (Wildman–Crippen MR) is 72.2 cm³/mol. The van der Waals surface area contributed by atoms with Crippen LogP contribution in [0.2, 0.25) is 10.0 Å². The minimum atomic E-state index is -0.256. The van der Waals surface area contributed by atoms with Gasteiger partial charge in [0.2, 0.25) is 0 Å². The summed E-state index contributed by atoms with van der Waals surface area (Å²) in [6.45, 7) is 0. The molecule has 0 spiro atoms. The molecule has 6 heteroatoms. The van der Waals surface area contributed by atoms with Gasteiger partial charge in [0, 0.05) is 18.8 Å². The maximum absolute atomic E-state index is 12.0. The summed E-state index contributed by atoms with van der Waals surface area (Å²) in [5.41, 5.74) is 6.37. The zero-order valence-corrected chi connectivity index (χ0v) is 11.4. The largest absolute Gasteiger partial charge is 0.399 e. The summed E-state index contributed by atoms with van der Waals surface area (Å²) >= 11 is 11.9. The average Bonchev–Trinajstić information content (AvgIpc) is 2.27. The summed E-state index contributed by atoms with van der Waals surface area (Å²) in [4.78, 5) is 12.0. The minimum absolute atomic E-state index is 0.124. The molecular weight excluding hydrogens is 275 g/mol. The van der Waals surface area contributed by atoms with Crippen molar-refractivity contribution >= 4 is 34.8 Å². The summed E-state index contributed by atoms with van der Waals surface area (Å²) in [5.74, 6) is -0.256. The van der Waals surface area contributed by atoms with Crippen molar-refractivity contribution in [2.45, 2.75) is 25.0 Å². The quantitative estimate of drug-likeness (QED) is 0.840. The van der Waals surface area contributed by atoms with E-state index < -0.39 is 0 Å². The summed E-state index contributed by atoms with van der Waals surface area (Å²) in [7, 11) is 1.66. The van der Waals surface area contributed by atoms with Crippen LogP contribution in [0.15, 0.2) is 12.1 Å². The van der Waals surface area contributed by atoms with Crippen molar-refractivity contribution in [2.24, 2.45) is 0 Å². The highest BCUT2D eigenvalue weighted by Gasteiger charge is 2.30. The Morgan fingerprint density at radius 2 is 2.11 bits per heavy atom. The molecule has 0 heterocycles. The van der Waals surface area contributed by atoms with Crippen LogP contribution in [0.5, 0.6) is 0 Å². The Kier molecular flexibility index (Phi) is 4.00. The van der Waals surface area contributed by atoms with Gasteiger partial charge in [-0.3, -0.25) is 4.79 Å². The maximum atomic E-state index is 12.0.